The lowest BCUT2D eigenvalue weighted by molar-refractivity contribution is -0.136. The van der Waals surface area contributed by atoms with Crippen LogP contribution >= 0.6 is 0 Å². The Morgan fingerprint density at radius 1 is 1.37 bits per heavy atom. The summed E-state index contributed by atoms with van der Waals surface area (Å²) in [5.41, 5.74) is 6.37. The normalized spacial score (nSPS) is 17.3. The van der Waals surface area contributed by atoms with E-state index in [4.69, 9.17) is 5.73 Å². The van der Waals surface area contributed by atoms with Gasteiger partial charge in [-0.15, -0.1) is 0 Å². The van der Waals surface area contributed by atoms with Crippen molar-refractivity contribution in [3.8, 4) is 0 Å². The largest absolute Gasteiger partial charge is 0.391 e. The molecule has 1 aromatic heterocycles. The van der Waals surface area contributed by atoms with E-state index in [1.807, 2.05) is 0 Å². The van der Waals surface area contributed by atoms with Gasteiger partial charge in [-0.05, 0) is 26.7 Å². The highest BCUT2D eigenvalue weighted by molar-refractivity contribution is 5.55. The molecule has 2 rings (SSSR count). The maximum absolute atomic E-state index is 12.3. The molecule has 19 heavy (non-hydrogen) atoms. The molecule has 0 amide bonds. The average Bonchev–Trinajstić information content (AvgIpc) is 3.05. The van der Waals surface area contributed by atoms with E-state index in [-0.39, 0.29) is 0 Å². The number of nitrogen functional groups attached to an aromatic ring is 1. The maximum atomic E-state index is 12.3. The van der Waals surface area contributed by atoms with Gasteiger partial charge in [0.15, 0.2) is 0 Å². The number of aromatic nitrogens is 2. The average molecular weight is 274 g/mol. The number of halogens is 3. The van der Waals surface area contributed by atoms with Crippen LogP contribution in [0.15, 0.2) is 0 Å². The lowest BCUT2D eigenvalue weighted by atomic mass is 10.2. The van der Waals surface area contributed by atoms with Crippen LogP contribution in [-0.4, -0.2) is 22.2 Å². The number of rotatable bonds is 4. The summed E-state index contributed by atoms with van der Waals surface area (Å²) >= 11 is 0. The Hall–Kier alpha value is -1.53. The molecule has 0 aromatic carbocycles. The molecule has 1 unspecified atom stereocenters. The number of nitrogens with zero attached hydrogens (tertiary/aromatic N) is 2. The first kappa shape index (κ1) is 13.9. The minimum absolute atomic E-state index is 0.307. The van der Waals surface area contributed by atoms with Gasteiger partial charge in [-0.25, -0.2) is 9.97 Å². The lowest BCUT2D eigenvalue weighted by Crippen LogP contribution is -2.25. The number of nitrogens with one attached hydrogen (secondary N) is 1. The minimum Gasteiger partial charge on any atom is -0.383 e. The van der Waals surface area contributed by atoms with E-state index in [0.29, 0.717) is 28.9 Å². The first-order valence-corrected chi connectivity index (χ1v) is 6.23. The highest BCUT2D eigenvalue weighted by Crippen LogP contribution is 2.39. The summed E-state index contributed by atoms with van der Waals surface area (Å²) < 4.78 is 36.9. The van der Waals surface area contributed by atoms with Gasteiger partial charge in [0.05, 0.1) is 6.42 Å². The zero-order valence-corrected chi connectivity index (χ0v) is 10.9. The van der Waals surface area contributed by atoms with Crippen molar-refractivity contribution in [2.45, 2.75) is 51.2 Å². The van der Waals surface area contributed by atoms with Crippen LogP contribution in [0.4, 0.5) is 24.8 Å². The summed E-state index contributed by atoms with van der Waals surface area (Å²) in [6, 6.07) is -0.750. The molecule has 4 nitrogen and oxygen atoms in total. The quantitative estimate of drug-likeness (QED) is 0.886. The van der Waals surface area contributed by atoms with Crippen LogP contribution in [0.25, 0.3) is 0 Å². The molecule has 0 aliphatic heterocycles. The van der Waals surface area contributed by atoms with Crippen molar-refractivity contribution in [2.24, 2.45) is 0 Å². The van der Waals surface area contributed by atoms with Crippen LogP contribution < -0.4 is 11.1 Å². The standard InChI is InChI=1S/C12H17F3N4/c1-6(5-12(13,14)15)17-10-7(2)9(16)18-11(19-10)8-3-4-8/h6,8H,3-5H2,1-2H3,(H3,16,17,18,19). The van der Waals surface area contributed by atoms with E-state index >= 15 is 0 Å². The predicted molar refractivity (Wildman–Crippen MR) is 66.9 cm³/mol. The molecule has 0 bridgehead atoms. The monoisotopic (exact) mass is 274 g/mol. The molecule has 0 saturated heterocycles. The van der Waals surface area contributed by atoms with Gasteiger partial charge in [-0.1, -0.05) is 0 Å². The number of nitrogens with two attached hydrogens (primary N) is 1. The van der Waals surface area contributed by atoms with Crippen LogP contribution in [0.5, 0.6) is 0 Å². The van der Waals surface area contributed by atoms with Crippen molar-refractivity contribution in [3.63, 3.8) is 0 Å². The molecule has 106 valence electrons. The summed E-state index contributed by atoms with van der Waals surface area (Å²) in [5.74, 6) is 1.68. The van der Waals surface area contributed by atoms with Gasteiger partial charge in [-0.2, -0.15) is 13.2 Å². The Kier molecular flexibility index (Phi) is 3.56. The molecular weight excluding hydrogens is 257 g/mol. The van der Waals surface area contributed by atoms with Gasteiger partial charge in [0.1, 0.15) is 17.5 Å². The van der Waals surface area contributed by atoms with Crippen molar-refractivity contribution in [3.05, 3.63) is 11.4 Å². The first-order chi connectivity index (χ1) is 8.76. The third kappa shape index (κ3) is 3.71. The second-order valence-electron chi connectivity index (χ2n) is 5.08. The van der Waals surface area contributed by atoms with Crippen molar-refractivity contribution in [1.82, 2.24) is 9.97 Å². The molecule has 1 aliphatic carbocycles. The number of hydrogen-bond acceptors (Lipinski definition) is 4. The summed E-state index contributed by atoms with van der Waals surface area (Å²) in [7, 11) is 0. The highest BCUT2D eigenvalue weighted by atomic mass is 19.4. The molecule has 0 spiro atoms. The van der Waals surface area contributed by atoms with E-state index in [1.54, 1.807) is 6.92 Å². The van der Waals surface area contributed by atoms with Gasteiger partial charge >= 0.3 is 6.18 Å². The summed E-state index contributed by atoms with van der Waals surface area (Å²) in [5, 5.41) is 2.78. The summed E-state index contributed by atoms with van der Waals surface area (Å²) in [6.45, 7) is 3.18. The molecule has 0 radical (unpaired) electrons. The minimum atomic E-state index is -4.20. The second kappa shape index (κ2) is 4.86. The van der Waals surface area contributed by atoms with Gasteiger partial charge < -0.3 is 11.1 Å². The third-order valence-electron chi connectivity index (χ3n) is 3.06. The molecule has 7 heteroatoms. The fourth-order valence-corrected chi connectivity index (χ4v) is 1.85. The Morgan fingerprint density at radius 2 is 2.00 bits per heavy atom. The van der Waals surface area contributed by atoms with E-state index in [2.05, 4.69) is 15.3 Å². The lowest BCUT2D eigenvalue weighted by Gasteiger charge is -2.18. The van der Waals surface area contributed by atoms with Crippen molar-refractivity contribution in [1.29, 1.82) is 0 Å². The number of hydrogen-bond donors (Lipinski definition) is 2. The van der Waals surface area contributed by atoms with Crippen molar-refractivity contribution >= 4 is 11.6 Å². The number of anilines is 2. The van der Waals surface area contributed by atoms with E-state index < -0.39 is 18.6 Å². The van der Waals surface area contributed by atoms with Crippen molar-refractivity contribution < 1.29 is 13.2 Å². The molecule has 1 saturated carbocycles. The van der Waals surface area contributed by atoms with E-state index in [0.717, 1.165) is 12.8 Å². The van der Waals surface area contributed by atoms with Crippen LogP contribution in [0.3, 0.4) is 0 Å². The summed E-state index contributed by atoms with van der Waals surface area (Å²) in [6.07, 6.45) is -3.08. The maximum Gasteiger partial charge on any atom is 0.391 e. The van der Waals surface area contributed by atoms with Crippen molar-refractivity contribution in [2.75, 3.05) is 11.1 Å². The molecule has 1 heterocycles. The van der Waals surface area contributed by atoms with Crippen LogP contribution in [-0.2, 0) is 0 Å². The van der Waals surface area contributed by atoms with Gasteiger partial charge in [0.2, 0.25) is 0 Å². The van der Waals surface area contributed by atoms with E-state index in [9.17, 15) is 13.2 Å². The molecule has 1 aliphatic rings. The van der Waals surface area contributed by atoms with Gasteiger partial charge in [0.25, 0.3) is 0 Å². The third-order valence-corrected chi connectivity index (χ3v) is 3.06. The molecular formula is C12H17F3N4. The topological polar surface area (TPSA) is 63.8 Å². The fraction of sp³-hybridized carbons (Fsp3) is 0.667. The smallest absolute Gasteiger partial charge is 0.383 e. The van der Waals surface area contributed by atoms with Crippen LogP contribution in [0.2, 0.25) is 0 Å². The fourth-order valence-electron chi connectivity index (χ4n) is 1.85. The zero-order chi connectivity index (χ0) is 14.2. The predicted octanol–water partition coefficient (Wildman–Crippen LogP) is 3.00. The molecule has 1 fully saturated rings. The van der Waals surface area contributed by atoms with Crippen LogP contribution in [0, 0.1) is 6.92 Å². The van der Waals surface area contributed by atoms with Gasteiger partial charge in [0, 0.05) is 17.5 Å². The Morgan fingerprint density at radius 3 is 2.53 bits per heavy atom. The van der Waals surface area contributed by atoms with Crippen LogP contribution in [0.1, 0.15) is 43.5 Å². The molecule has 1 atom stereocenters. The van der Waals surface area contributed by atoms with Gasteiger partial charge in [-0.3, -0.25) is 0 Å². The number of alkyl halides is 3. The Bertz CT molecular complexity index is 469. The SMILES string of the molecule is Cc1c(N)nc(C2CC2)nc1NC(C)CC(F)(F)F. The second-order valence-corrected chi connectivity index (χ2v) is 5.08. The Balaban J connectivity index is 2.14. The molecule has 3 N–H and O–H groups in total. The zero-order valence-electron chi connectivity index (χ0n) is 10.9. The summed E-state index contributed by atoms with van der Waals surface area (Å²) in [4.78, 5) is 8.48. The Labute approximate surface area is 109 Å². The first-order valence-electron chi connectivity index (χ1n) is 6.23. The molecule has 1 aromatic rings. The van der Waals surface area contributed by atoms with E-state index in [1.165, 1.54) is 6.92 Å². The highest BCUT2D eigenvalue weighted by Gasteiger charge is 2.31.